The van der Waals surface area contributed by atoms with Crippen LogP contribution in [0.3, 0.4) is 0 Å². The number of hydrogen-bond donors (Lipinski definition) is 2. The van der Waals surface area contributed by atoms with Gasteiger partial charge in [-0.1, -0.05) is 29.8 Å². The summed E-state index contributed by atoms with van der Waals surface area (Å²) >= 11 is 0. The zero-order valence-corrected chi connectivity index (χ0v) is 15.8. The first-order valence-electron chi connectivity index (χ1n) is 10.0. The molecular formula is C21H31N3O2. The molecule has 3 aliphatic rings. The highest BCUT2D eigenvalue weighted by Gasteiger charge is 2.57. The lowest BCUT2D eigenvalue weighted by Gasteiger charge is -2.35. The van der Waals surface area contributed by atoms with E-state index < -0.39 is 0 Å². The minimum Gasteiger partial charge on any atom is -0.379 e. The molecule has 2 N–H and O–H groups in total. The molecule has 2 saturated heterocycles. The molecule has 26 heavy (non-hydrogen) atoms. The lowest BCUT2D eigenvalue weighted by atomic mass is 9.91. The molecule has 0 aromatic heterocycles. The van der Waals surface area contributed by atoms with Crippen molar-refractivity contribution in [1.82, 2.24) is 15.5 Å². The quantitative estimate of drug-likeness (QED) is 0.845. The van der Waals surface area contributed by atoms with Crippen LogP contribution < -0.4 is 10.6 Å². The minimum absolute atomic E-state index is 0.228. The number of hydrogen-bond acceptors (Lipinski definition) is 4. The number of amides is 1. The number of morpholine rings is 1. The Kier molecular flexibility index (Phi) is 5.30. The average Bonchev–Trinajstić information content (AvgIpc) is 3.37. The SMILES string of the molecule is Cc1ccc(C(CNC(=O)C2CC23CCNCC3)N2CCOCC2)cc1. The van der Waals surface area contributed by atoms with Crippen molar-refractivity contribution in [3.8, 4) is 0 Å². The van der Waals surface area contributed by atoms with Crippen LogP contribution in [0.25, 0.3) is 0 Å². The van der Waals surface area contributed by atoms with E-state index >= 15 is 0 Å². The van der Waals surface area contributed by atoms with E-state index in [1.165, 1.54) is 11.1 Å². The first-order chi connectivity index (χ1) is 12.7. The molecule has 5 nitrogen and oxygen atoms in total. The van der Waals surface area contributed by atoms with Gasteiger partial charge in [-0.25, -0.2) is 0 Å². The highest BCUT2D eigenvalue weighted by molar-refractivity contribution is 5.82. The maximum atomic E-state index is 12.8. The molecule has 2 aliphatic heterocycles. The number of piperidine rings is 1. The van der Waals surface area contributed by atoms with E-state index in [1.54, 1.807) is 0 Å². The Morgan fingerprint density at radius 2 is 1.96 bits per heavy atom. The second-order valence-electron chi connectivity index (χ2n) is 8.19. The van der Waals surface area contributed by atoms with E-state index in [9.17, 15) is 4.79 Å². The molecule has 2 unspecified atom stereocenters. The van der Waals surface area contributed by atoms with E-state index in [0.717, 1.165) is 58.7 Å². The maximum absolute atomic E-state index is 12.8. The van der Waals surface area contributed by atoms with Gasteiger partial charge in [-0.05, 0) is 50.3 Å². The summed E-state index contributed by atoms with van der Waals surface area (Å²) in [5, 5.41) is 6.69. The molecule has 2 atom stereocenters. The molecule has 1 spiro atoms. The van der Waals surface area contributed by atoms with Gasteiger partial charge in [-0.15, -0.1) is 0 Å². The largest absolute Gasteiger partial charge is 0.379 e. The first kappa shape index (κ1) is 18.0. The summed E-state index contributed by atoms with van der Waals surface area (Å²) in [5.41, 5.74) is 2.85. The molecule has 2 heterocycles. The highest BCUT2D eigenvalue weighted by Crippen LogP contribution is 2.58. The Morgan fingerprint density at radius 3 is 2.65 bits per heavy atom. The van der Waals surface area contributed by atoms with Crippen molar-refractivity contribution < 1.29 is 9.53 Å². The van der Waals surface area contributed by atoms with E-state index in [4.69, 9.17) is 4.74 Å². The molecule has 1 aromatic carbocycles. The second-order valence-corrected chi connectivity index (χ2v) is 8.19. The van der Waals surface area contributed by atoms with Gasteiger partial charge in [0, 0.05) is 25.6 Å². The van der Waals surface area contributed by atoms with Crippen LogP contribution in [-0.2, 0) is 9.53 Å². The summed E-state index contributed by atoms with van der Waals surface area (Å²) in [6.45, 7) is 8.31. The van der Waals surface area contributed by atoms with Crippen LogP contribution in [0.1, 0.15) is 36.4 Å². The summed E-state index contributed by atoms with van der Waals surface area (Å²) in [5.74, 6) is 0.491. The van der Waals surface area contributed by atoms with Crippen LogP contribution >= 0.6 is 0 Å². The van der Waals surface area contributed by atoms with E-state index in [-0.39, 0.29) is 17.9 Å². The number of nitrogens with zero attached hydrogens (tertiary/aromatic N) is 1. The fourth-order valence-electron chi connectivity index (χ4n) is 4.65. The molecule has 5 heteroatoms. The maximum Gasteiger partial charge on any atom is 0.223 e. The normalized spacial score (nSPS) is 26.4. The third kappa shape index (κ3) is 3.80. The predicted octanol–water partition coefficient (Wildman–Crippen LogP) is 1.87. The minimum atomic E-state index is 0.228. The van der Waals surface area contributed by atoms with Crippen LogP contribution in [0.15, 0.2) is 24.3 Å². The van der Waals surface area contributed by atoms with Gasteiger partial charge < -0.3 is 15.4 Å². The Bertz CT molecular complexity index is 619. The molecule has 142 valence electrons. The van der Waals surface area contributed by atoms with E-state index in [2.05, 4.69) is 46.7 Å². The Morgan fingerprint density at radius 1 is 1.27 bits per heavy atom. The summed E-state index contributed by atoms with van der Waals surface area (Å²) in [6, 6.07) is 8.96. The number of ether oxygens (including phenoxy) is 1. The Hall–Kier alpha value is -1.43. The van der Waals surface area contributed by atoms with Crippen molar-refractivity contribution in [2.75, 3.05) is 45.9 Å². The fraction of sp³-hybridized carbons (Fsp3) is 0.667. The Labute approximate surface area is 156 Å². The van der Waals surface area contributed by atoms with E-state index in [1.807, 2.05) is 0 Å². The molecule has 4 rings (SSSR count). The topological polar surface area (TPSA) is 53.6 Å². The molecule has 1 amide bonds. The molecule has 0 bridgehead atoms. The standard InChI is InChI=1S/C21H31N3O2/c1-16-2-4-17(5-3-16)19(24-10-12-26-13-11-24)15-23-20(25)18-14-21(18)6-8-22-9-7-21/h2-5,18-19,22H,6-15H2,1H3,(H,23,25). The van der Waals surface area contributed by atoms with Gasteiger partial charge in [-0.2, -0.15) is 0 Å². The molecule has 1 saturated carbocycles. The molecule has 1 aromatic rings. The average molecular weight is 357 g/mol. The van der Waals surface area contributed by atoms with Crippen molar-refractivity contribution in [3.05, 3.63) is 35.4 Å². The zero-order chi connectivity index (χ0) is 18.0. The number of carbonyl (C=O) groups is 1. The molecule has 1 aliphatic carbocycles. The van der Waals surface area contributed by atoms with Crippen LogP contribution in [0.2, 0.25) is 0 Å². The number of carbonyl (C=O) groups excluding carboxylic acids is 1. The van der Waals surface area contributed by atoms with E-state index in [0.29, 0.717) is 12.0 Å². The summed E-state index contributed by atoms with van der Waals surface area (Å²) < 4.78 is 5.52. The second kappa shape index (κ2) is 7.67. The molecule has 0 radical (unpaired) electrons. The first-order valence-corrected chi connectivity index (χ1v) is 10.0. The van der Waals surface area contributed by atoms with Crippen LogP contribution in [0.5, 0.6) is 0 Å². The lowest BCUT2D eigenvalue weighted by molar-refractivity contribution is -0.123. The zero-order valence-electron chi connectivity index (χ0n) is 15.8. The third-order valence-electron chi connectivity index (χ3n) is 6.52. The van der Waals surface area contributed by atoms with Crippen LogP contribution in [-0.4, -0.2) is 56.7 Å². The van der Waals surface area contributed by atoms with Gasteiger partial charge in [0.1, 0.15) is 0 Å². The van der Waals surface area contributed by atoms with Crippen molar-refractivity contribution in [3.63, 3.8) is 0 Å². The smallest absolute Gasteiger partial charge is 0.223 e. The number of aryl methyl sites for hydroxylation is 1. The molecular weight excluding hydrogens is 326 g/mol. The van der Waals surface area contributed by atoms with Gasteiger partial charge in [-0.3, -0.25) is 9.69 Å². The van der Waals surface area contributed by atoms with Gasteiger partial charge in [0.25, 0.3) is 0 Å². The van der Waals surface area contributed by atoms with Gasteiger partial charge >= 0.3 is 0 Å². The lowest BCUT2D eigenvalue weighted by Crippen LogP contribution is -2.44. The van der Waals surface area contributed by atoms with Crippen molar-refractivity contribution in [2.24, 2.45) is 11.3 Å². The van der Waals surface area contributed by atoms with Crippen LogP contribution in [0, 0.1) is 18.3 Å². The van der Waals surface area contributed by atoms with Crippen molar-refractivity contribution >= 4 is 5.91 Å². The fourth-order valence-corrected chi connectivity index (χ4v) is 4.65. The van der Waals surface area contributed by atoms with Gasteiger partial charge in [0.2, 0.25) is 5.91 Å². The van der Waals surface area contributed by atoms with Crippen LogP contribution in [0.4, 0.5) is 0 Å². The third-order valence-corrected chi connectivity index (χ3v) is 6.52. The summed E-state index contributed by atoms with van der Waals surface area (Å²) in [7, 11) is 0. The Balaban J connectivity index is 1.40. The number of rotatable bonds is 5. The van der Waals surface area contributed by atoms with Crippen molar-refractivity contribution in [2.45, 2.75) is 32.2 Å². The summed E-state index contributed by atoms with van der Waals surface area (Å²) in [4.78, 5) is 15.2. The highest BCUT2D eigenvalue weighted by atomic mass is 16.5. The number of benzene rings is 1. The summed E-state index contributed by atoms with van der Waals surface area (Å²) in [6.07, 6.45) is 3.37. The van der Waals surface area contributed by atoms with Gasteiger partial charge in [0.05, 0.1) is 19.3 Å². The van der Waals surface area contributed by atoms with Gasteiger partial charge in [0.15, 0.2) is 0 Å². The van der Waals surface area contributed by atoms with Crippen molar-refractivity contribution in [1.29, 1.82) is 0 Å². The number of nitrogens with one attached hydrogen (secondary N) is 2. The molecule has 3 fully saturated rings. The predicted molar refractivity (Wildman–Crippen MR) is 102 cm³/mol. The monoisotopic (exact) mass is 357 g/mol.